The fourth-order valence-electron chi connectivity index (χ4n) is 1.04. The van der Waals surface area contributed by atoms with Gasteiger partial charge in [0.05, 0.1) is 33.0 Å². The van der Waals surface area contributed by atoms with E-state index in [1.165, 1.54) is 0 Å². The van der Waals surface area contributed by atoms with Crippen LogP contribution >= 0.6 is 0 Å². The molecule has 0 spiro atoms. The van der Waals surface area contributed by atoms with Crippen molar-refractivity contribution < 1.29 is 14.2 Å². The highest BCUT2D eigenvalue weighted by Crippen LogP contribution is 1.98. The molecule has 0 amide bonds. The molecule has 98 valence electrons. The number of likely N-dealkylation sites (N-methyl/N-ethyl adjacent to an activating group) is 1. The summed E-state index contributed by atoms with van der Waals surface area (Å²) in [5.41, 5.74) is 0. The van der Waals surface area contributed by atoms with Gasteiger partial charge in [0.25, 0.3) is 0 Å². The summed E-state index contributed by atoms with van der Waals surface area (Å²) in [5, 5.41) is 3.02. The third kappa shape index (κ3) is 13.8. The van der Waals surface area contributed by atoms with Crippen molar-refractivity contribution in [3.63, 3.8) is 0 Å². The van der Waals surface area contributed by atoms with Crippen LogP contribution in [0.3, 0.4) is 0 Å². The molecule has 0 saturated carbocycles. The van der Waals surface area contributed by atoms with Crippen molar-refractivity contribution >= 4 is 0 Å². The topological polar surface area (TPSA) is 39.7 Å². The van der Waals surface area contributed by atoms with Gasteiger partial charge in [-0.3, -0.25) is 0 Å². The minimum absolute atomic E-state index is 0.650. The zero-order valence-electron chi connectivity index (χ0n) is 11.0. The minimum Gasteiger partial charge on any atom is -0.379 e. The van der Waals surface area contributed by atoms with Crippen LogP contribution in [0.2, 0.25) is 0 Å². The average Bonchev–Trinajstić information content (AvgIpc) is 2.25. The molecular formula is C12H27NO3. The number of rotatable bonds is 12. The van der Waals surface area contributed by atoms with E-state index in [1.54, 1.807) is 0 Å². The highest BCUT2D eigenvalue weighted by Gasteiger charge is 1.94. The lowest BCUT2D eigenvalue weighted by atomic mass is 10.1. The first-order valence-electron chi connectivity index (χ1n) is 6.15. The second kappa shape index (κ2) is 12.9. The van der Waals surface area contributed by atoms with E-state index < -0.39 is 0 Å². The Balaban J connectivity index is 2.88. The second-order valence-corrected chi connectivity index (χ2v) is 4.12. The van der Waals surface area contributed by atoms with Gasteiger partial charge >= 0.3 is 0 Å². The fourth-order valence-corrected chi connectivity index (χ4v) is 1.04. The van der Waals surface area contributed by atoms with Gasteiger partial charge in [0, 0.05) is 13.2 Å². The molecule has 0 aromatic carbocycles. The van der Waals surface area contributed by atoms with Gasteiger partial charge in [-0.05, 0) is 19.4 Å². The number of hydrogen-bond donors (Lipinski definition) is 1. The first kappa shape index (κ1) is 15.8. The SMILES string of the molecule is CNCCOCCOCCOCCC(C)C. The van der Waals surface area contributed by atoms with Crippen LogP contribution in [0.4, 0.5) is 0 Å². The molecule has 0 aliphatic carbocycles. The Morgan fingerprint density at radius 1 is 0.812 bits per heavy atom. The predicted molar refractivity (Wildman–Crippen MR) is 65.8 cm³/mol. The molecule has 0 unspecified atom stereocenters. The van der Waals surface area contributed by atoms with Gasteiger partial charge in [0.15, 0.2) is 0 Å². The summed E-state index contributed by atoms with van der Waals surface area (Å²) in [5.74, 6) is 0.710. The van der Waals surface area contributed by atoms with E-state index in [1.807, 2.05) is 7.05 Å². The third-order valence-corrected chi connectivity index (χ3v) is 2.08. The lowest BCUT2D eigenvalue weighted by Gasteiger charge is -2.07. The Morgan fingerprint density at radius 2 is 1.31 bits per heavy atom. The van der Waals surface area contributed by atoms with Gasteiger partial charge in [-0.25, -0.2) is 0 Å². The van der Waals surface area contributed by atoms with Crippen molar-refractivity contribution in [3.05, 3.63) is 0 Å². The largest absolute Gasteiger partial charge is 0.379 e. The van der Waals surface area contributed by atoms with E-state index in [2.05, 4.69) is 19.2 Å². The minimum atomic E-state index is 0.650. The molecule has 0 bridgehead atoms. The number of nitrogens with one attached hydrogen (secondary N) is 1. The van der Waals surface area contributed by atoms with Crippen molar-refractivity contribution in [1.82, 2.24) is 5.32 Å². The van der Waals surface area contributed by atoms with Crippen molar-refractivity contribution in [2.45, 2.75) is 20.3 Å². The molecule has 0 heterocycles. The molecular weight excluding hydrogens is 206 g/mol. The van der Waals surface area contributed by atoms with Crippen LogP contribution in [0.15, 0.2) is 0 Å². The normalized spacial score (nSPS) is 11.2. The van der Waals surface area contributed by atoms with E-state index in [9.17, 15) is 0 Å². The molecule has 0 fully saturated rings. The van der Waals surface area contributed by atoms with E-state index in [-0.39, 0.29) is 0 Å². The Hall–Kier alpha value is -0.160. The Kier molecular flexibility index (Phi) is 12.8. The molecule has 0 saturated heterocycles. The van der Waals surface area contributed by atoms with Crippen LogP contribution in [0.25, 0.3) is 0 Å². The fraction of sp³-hybridized carbons (Fsp3) is 1.00. The van der Waals surface area contributed by atoms with Crippen molar-refractivity contribution in [1.29, 1.82) is 0 Å². The second-order valence-electron chi connectivity index (χ2n) is 4.12. The Bertz CT molecular complexity index is 131. The van der Waals surface area contributed by atoms with Crippen LogP contribution < -0.4 is 5.32 Å². The van der Waals surface area contributed by atoms with Crippen molar-refractivity contribution in [2.75, 3.05) is 53.2 Å². The van der Waals surface area contributed by atoms with Crippen LogP contribution in [0.5, 0.6) is 0 Å². The smallest absolute Gasteiger partial charge is 0.0701 e. The molecule has 0 aromatic heterocycles. The summed E-state index contributed by atoms with van der Waals surface area (Å²) in [6.07, 6.45) is 1.12. The lowest BCUT2D eigenvalue weighted by molar-refractivity contribution is 0.0135. The zero-order chi connectivity index (χ0) is 12.1. The van der Waals surface area contributed by atoms with Crippen molar-refractivity contribution in [3.8, 4) is 0 Å². The van der Waals surface area contributed by atoms with Crippen LogP contribution in [0, 0.1) is 5.92 Å². The van der Waals surface area contributed by atoms with Gasteiger partial charge in [0.1, 0.15) is 0 Å². The molecule has 0 aliphatic rings. The molecule has 16 heavy (non-hydrogen) atoms. The molecule has 0 aliphatic heterocycles. The van der Waals surface area contributed by atoms with Gasteiger partial charge in [-0.15, -0.1) is 0 Å². The quantitative estimate of drug-likeness (QED) is 0.516. The maximum absolute atomic E-state index is 5.41. The van der Waals surface area contributed by atoms with Gasteiger partial charge in [-0.1, -0.05) is 13.8 Å². The van der Waals surface area contributed by atoms with Crippen LogP contribution in [-0.4, -0.2) is 53.2 Å². The molecule has 0 aromatic rings. The first-order valence-corrected chi connectivity index (χ1v) is 6.15. The van der Waals surface area contributed by atoms with Gasteiger partial charge < -0.3 is 19.5 Å². The van der Waals surface area contributed by atoms with Gasteiger partial charge in [0.2, 0.25) is 0 Å². The molecule has 0 rings (SSSR count). The zero-order valence-corrected chi connectivity index (χ0v) is 11.0. The number of ether oxygens (including phenoxy) is 3. The maximum Gasteiger partial charge on any atom is 0.0701 e. The summed E-state index contributed by atoms with van der Waals surface area (Å²) in [7, 11) is 1.91. The standard InChI is InChI=1S/C12H27NO3/c1-12(2)4-6-14-8-10-16-11-9-15-7-5-13-3/h12-13H,4-11H2,1-3H3. The lowest BCUT2D eigenvalue weighted by Crippen LogP contribution is -2.16. The monoisotopic (exact) mass is 233 g/mol. The van der Waals surface area contributed by atoms with E-state index in [0.717, 1.165) is 26.2 Å². The third-order valence-electron chi connectivity index (χ3n) is 2.08. The summed E-state index contributed by atoms with van der Waals surface area (Å²) in [4.78, 5) is 0. The highest BCUT2D eigenvalue weighted by atomic mass is 16.5. The summed E-state index contributed by atoms with van der Waals surface area (Å²) in [6.45, 7) is 9.51. The van der Waals surface area contributed by atoms with Crippen LogP contribution in [-0.2, 0) is 14.2 Å². The Labute approximate surface area is 99.6 Å². The summed E-state index contributed by atoms with van der Waals surface area (Å²) >= 11 is 0. The molecule has 4 heteroatoms. The van der Waals surface area contributed by atoms with Crippen molar-refractivity contribution in [2.24, 2.45) is 5.92 Å². The summed E-state index contributed by atoms with van der Waals surface area (Å²) < 4.78 is 16.1. The molecule has 0 atom stereocenters. The average molecular weight is 233 g/mol. The predicted octanol–water partition coefficient (Wildman–Crippen LogP) is 1.30. The highest BCUT2D eigenvalue weighted by molar-refractivity contribution is 4.42. The first-order chi connectivity index (χ1) is 7.77. The van der Waals surface area contributed by atoms with Gasteiger partial charge in [-0.2, -0.15) is 0 Å². The summed E-state index contributed by atoms with van der Waals surface area (Å²) in [6, 6.07) is 0. The maximum atomic E-state index is 5.41. The number of hydrogen-bond acceptors (Lipinski definition) is 4. The van der Waals surface area contributed by atoms with E-state index >= 15 is 0 Å². The van der Waals surface area contributed by atoms with Crippen LogP contribution in [0.1, 0.15) is 20.3 Å². The molecule has 4 nitrogen and oxygen atoms in total. The van der Waals surface area contributed by atoms with E-state index in [0.29, 0.717) is 32.3 Å². The Morgan fingerprint density at radius 3 is 1.81 bits per heavy atom. The molecule has 1 N–H and O–H groups in total. The molecule has 0 radical (unpaired) electrons. The van der Waals surface area contributed by atoms with E-state index in [4.69, 9.17) is 14.2 Å².